The van der Waals surface area contributed by atoms with Gasteiger partial charge >= 0.3 is 0 Å². The zero-order valence-electron chi connectivity index (χ0n) is 13.1. The smallest absolute Gasteiger partial charge is 0.266 e. The first kappa shape index (κ1) is 19.6. The highest BCUT2D eigenvalue weighted by atomic mass is 35.5. The second kappa shape index (κ2) is 9.12. The highest BCUT2D eigenvalue weighted by molar-refractivity contribution is 6.37. The molecule has 0 fully saturated rings. The number of nitrogens with one attached hydrogen (secondary N) is 1. The lowest BCUT2D eigenvalue weighted by atomic mass is 10.1. The van der Waals surface area contributed by atoms with Crippen molar-refractivity contribution in [2.75, 3.05) is 11.9 Å². The van der Waals surface area contributed by atoms with E-state index in [1.165, 1.54) is 18.2 Å². The van der Waals surface area contributed by atoms with Crippen LogP contribution in [-0.2, 0) is 4.79 Å². The van der Waals surface area contributed by atoms with Crippen LogP contribution >= 0.6 is 34.8 Å². The Labute approximate surface area is 165 Å². The lowest BCUT2D eigenvalue weighted by molar-refractivity contribution is -0.112. The van der Waals surface area contributed by atoms with Crippen molar-refractivity contribution >= 4 is 52.5 Å². The summed E-state index contributed by atoms with van der Waals surface area (Å²) in [7, 11) is 0. The first-order valence-corrected chi connectivity index (χ1v) is 8.26. The summed E-state index contributed by atoms with van der Waals surface area (Å²) in [6.45, 7) is -0.210. The van der Waals surface area contributed by atoms with Crippen LogP contribution in [-0.4, -0.2) is 12.5 Å². The minimum atomic E-state index is -0.627. The molecule has 8 heteroatoms. The minimum Gasteiger partial charge on any atom is -0.476 e. The summed E-state index contributed by atoms with van der Waals surface area (Å²) in [6.07, 6.45) is 1.33. The van der Waals surface area contributed by atoms with E-state index in [9.17, 15) is 10.1 Å². The maximum atomic E-state index is 12.3. The third kappa shape index (κ3) is 4.91. The monoisotopic (exact) mass is 405 g/mol. The molecule has 0 saturated carbocycles. The Morgan fingerprint density at radius 3 is 2.35 bits per heavy atom. The van der Waals surface area contributed by atoms with Crippen LogP contribution in [0.4, 0.5) is 5.69 Å². The number of anilines is 1. The Bertz CT molecular complexity index is 936. The maximum Gasteiger partial charge on any atom is 0.266 e. The van der Waals surface area contributed by atoms with Crippen molar-refractivity contribution in [1.82, 2.24) is 0 Å². The van der Waals surface area contributed by atoms with E-state index in [4.69, 9.17) is 44.8 Å². The summed E-state index contributed by atoms with van der Waals surface area (Å²) >= 11 is 18.1. The SMILES string of the molecule is N#CCOc1c(Cl)cc(/C=C(\C#N)C(=O)Nc2ccccc2Cl)cc1Cl. The number of nitrogens with zero attached hydrogens (tertiary/aromatic N) is 2. The number of hydrogen-bond donors (Lipinski definition) is 1. The summed E-state index contributed by atoms with van der Waals surface area (Å²) in [4.78, 5) is 12.3. The summed E-state index contributed by atoms with van der Waals surface area (Å²) in [5, 5.41) is 21.1. The molecule has 2 aromatic carbocycles. The van der Waals surface area contributed by atoms with Gasteiger partial charge in [-0.15, -0.1) is 0 Å². The van der Waals surface area contributed by atoms with Crippen LogP contribution in [0.25, 0.3) is 6.08 Å². The van der Waals surface area contributed by atoms with Crippen molar-refractivity contribution in [3.8, 4) is 17.9 Å². The van der Waals surface area contributed by atoms with Crippen LogP contribution < -0.4 is 10.1 Å². The normalized spacial score (nSPS) is 10.6. The number of hydrogen-bond acceptors (Lipinski definition) is 4. The van der Waals surface area contributed by atoms with Gasteiger partial charge in [-0.25, -0.2) is 0 Å². The van der Waals surface area contributed by atoms with Gasteiger partial charge in [0.1, 0.15) is 17.7 Å². The molecule has 0 saturated heterocycles. The Balaban J connectivity index is 2.28. The molecule has 0 aliphatic rings. The molecule has 0 bridgehead atoms. The van der Waals surface area contributed by atoms with Gasteiger partial charge in [0.15, 0.2) is 12.4 Å². The van der Waals surface area contributed by atoms with Crippen molar-refractivity contribution < 1.29 is 9.53 Å². The standard InChI is InChI=1S/C18H10Cl3N3O2/c19-13-3-1-2-4-16(13)24-18(25)12(10-23)7-11-8-14(20)17(15(21)9-11)26-6-5-22/h1-4,7-9H,6H2,(H,24,25)/b12-7+. The molecule has 0 spiro atoms. The van der Waals surface area contributed by atoms with Gasteiger partial charge in [-0.2, -0.15) is 10.5 Å². The first-order chi connectivity index (χ1) is 12.5. The van der Waals surface area contributed by atoms with Gasteiger partial charge in [0.25, 0.3) is 5.91 Å². The molecular formula is C18H10Cl3N3O2. The lowest BCUT2D eigenvalue weighted by Crippen LogP contribution is -2.13. The molecule has 26 heavy (non-hydrogen) atoms. The molecule has 2 rings (SSSR count). The number of rotatable bonds is 5. The average Bonchev–Trinajstić information content (AvgIpc) is 2.61. The molecule has 0 atom stereocenters. The zero-order valence-corrected chi connectivity index (χ0v) is 15.4. The van der Waals surface area contributed by atoms with E-state index in [2.05, 4.69) is 5.32 Å². The third-order valence-corrected chi connectivity index (χ3v) is 3.99. The van der Waals surface area contributed by atoms with Crippen LogP contribution in [0.5, 0.6) is 5.75 Å². The molecule has 2 aromatic rings. The number of nitriles is 2. The molecular weight excluding hydrogens is 397 g/mol. The van der Waals surface area contributed by atoms with Crippen LogP contribution in [0.1, 0.15) is 5.56 Å². The molecule has 1 N–H and O–H groups in total. The first-order valence-electron chi connectivity index (χ1n) is 7.12. The van der Waals surface area contributed by atoms with Gasteiger partial charge in [0.05, 0.1) is 20.8 Å². The Kier molecular flexibility index (Phi) is 6.89. The largest absolute Gasteiger partial charge is 0.476 e. The van der Waals surface area contributed by atoms with Crippen molar-refractivity contribution in [2.24, 2.45) is 0 Å². The molecule has 0 unspecified atom stereocenters. The quantitative estimate of drug-likeness (QED) is 0.553. The Morgan fingerprint density at radius 2 is 1.77 bits per heavy atom. The van der Waals surface area contributed by atoms with Crippen molar-refractivity contribution in [1.29, 1.82) is 10.5 Å². The van der Waals surface area contributed by atoms with Gasteiger partial charge in [0.2, 0.25) is 0 Å². The van der Waals surface area contributed by atoms with Gasteiger partial charge in [-0.3, -0.25) is 4.79 Å². The van der Waals surface area contributed by atoms with Gasteiger partial charge in [0, 0.05) is 0 Å². The van der Waals surface area contributed by atoms with Crippen LogP contribution in [0.2, 0.25) is 15.1 Å². The summed E-state index contributed by atoms with van der Waals surface area (Å²) in [5.41, 5.74) is 0.648. The van der Waals surface area contributed by atoms with Crippen molar-refractivity contribution in [3.05, 3.63) is 62.6 Å². The number of amides is 1. The van der Waals surface area contributed by atoms with Crippen LogP contribution in [0, 0.1) is 22.7 Å². The van der Waals surface area contributed by atoms with Crippen LogP contribution in [0.15, 0.2) is 42.0 Å². The highest BCUT2D eigenvalue weighted by Gasteiger charge is 2.13. The van der Waals surface area contributed by atoms with Crippen molar-refractivity contribution in [3.63, 3.8) is 0 Å². The molecule has 0 aliphatic carbocycles. The van der Waals surface area contributed by atoms with Crippen LogP contribution in [0.3, 0.4) is 0 Å². The van der Waals surface area contributed by atoms with E-state index in [1.807, 2.05) is 12.1 Å². The zero-order chi connectivity index (χ0) is 19.1. The molecule has 1 amide bonds. The number of benzene rings is 2. The number of para-hydroxylation sites is 1. The molecule has 0 heterocycles. The average molecular weight is 407 g/mol. The molecule has 0 aliphatic heterocycles. The lowest BCUT2D eigenvalue weighted by Gasteiger charge is -2.09. The van der Waals surface area contributed by atoms with E-state index in [0.29, 0.717) is 16.3 Å². The third-order valence-electron chi connectivity index (χ3n) is 3.10. The number of halogens is 3. The van der Waals surface area contributed by atoms with E-state index in [1.54, 1.807) is 24.3 Å². The van der Waals surface area contributed by atoms with E-state index < -0.39 is 5.91 Å². The Morgan fingerprint density at radius 1 is 1.12 bits per heavy atom. The summed E-state index contributed by atoms with van der Waals surface area (Å²) in [5.74, 6) is -0.469. The van der Waals surface area contributed by atoms with Crippen molar-refractivity contribution in [2.45, 2.75) is 0 Å². The maximum absolute atomic E-state index is 12.3. The fraction of sp³-hybridized carbons (Fsp3) is 0.0556. The fourth-order valence-electron chi connectivity index (χ4n) is 1.97. The highest BCUT2D eigenvalue weighted by Crippen LogP contribution is 2.35. The van der Waals surface area contributed by atoms with Gasteiger partial charge < -0.3 is 10.1 Å². The Hall–Kier alpha value is -2.70. The molecule has 130 valence electrons. The van der Waals surface area contributed by atoms with E-state index in [0.717, 1.165) is 0 Å². The molecule has 0 aromatic heterocycles. The van der Waals surface area contributed by atoms with E-state index >= 15 is 0 Å². The summed E-state index contributed by atoms with van der Waals surface area (Å²) < 4.78 is 5.14. The molecule has 5 nitrogen and oxygen atoms in total. The predicted octanol–water partition coefficient (Wildman–Crippen LogP) is 5.09. The van der Waals surface area contributed by atoms with Gasteiger partial charge in [-0.1, -0.05) is 46.9 Å². The second-order valence-corrected chi connectivity index (χ2v) is 6.09. The summed E-state index contributed by atoms with van der Waals surface area (Å²) in [6, 6.07) is 13.2. The number of ether oxygens (including phenoxy) is 1. The predicted molar refractivity (Wildman–Crippen MR) is 101 cm³/mol. The number of carbonyl (C=O) groups is 1. The topological polar surface area (TPSA) is 85.9 Å². The minimum absolute atomic E-state index is 0.155. The molecule has 0 radical (unpaired) electrons. The number of carbonyl (C=O) groups excluding carboxylic acids is 1. The fourth-order valence-corrected chi connectivity index (χ4v) is 2.77. The van der Waals surface area contributed by atoms with Gasteiger partial charge in [-0.05, 0) is 35.9 Å². The van der Waals surface area contributed by atoms with E-state index in [-0.39, 0.29) is 28.0 Å². The second-order valence-electron chi connectivity index (χ2n) is 4.86.